The van der Waals surface area contributed by atoms with Crippen LogP contribution in [0.4, 0.5) is 5.69 Å². The molecule has 0 unspecified atom stereocenters. The Bertz CT molecular complexity index is 1160. The van der Waals surface area contributed by atoms with Gasteiger partial charge >= 0.3 is 5.69 Å². The van der Waals surface area contributed by atoms with Crippen LogP contribution in [0.5, 0.6) is 5.75 Å². The first-order valence-electron chi connectivity index (χ1n) is 10.1. The first kappa shape index (κ1) is 21.1. The zero-order valence-electron chi connectivity index (χ0n) is 18.0. The molecule has 0 spiro atoms. The average Bonchev–Trinajstić information content (AvgIpc) is 3.38. The maximum Gasteiger partial charge on any atom is 0.311 e. The van der Waals surface area contributed by atoms with E-state index in [0.717, 1.165) is 27.3 Å². The van der Waals surface area contributed by atoms with Crippen molar-refractivity contribution < 1.29 is 14.5 Å². The van der Waals surface area contributed by atoms with Crippen LogP contribution in [0.15, 0.2) is 35.7 Å². The van der Waals surface area contributed by atoms with Gasteiger partial charge in [0.25, 0.3) is 5.91 Å². The second-order valence-corrected chi connectivity index (χ2v) is 9.80. The molecule has 0 saturated carbocycles. The Morgan fingerprint density at radius 1 is 1.29 bits per heavy atom. The van der Waals surface area contributed by atoms with Gasteiger partial charge in [-0.15, -0.1) is 11.3 Å². The fraction of sp³-hybridized carbons (Fsp3) is 0.348. The number of benzene rings is 1. The largest absolute Gasteiger partial charge is 0.490 e. The number of carbonyl (C=O) groups excluding carboxylic acids is 1. The van der Waals surface area contributed by atoms with E-state index < -0.39 is 4.92 Å². The zero-order chi connectivity index (χ0) is 22.3. The number of amides is 1. The molecular formula is C23H25N3O4S. The molecule has 1 N–H and O–H groups in total. The fourth-order valence-electron chi connectivity index (χ4n) is 3.89. The van der Waals surface area contributed by atoms with Gasteiger partial charge in [-0.05, 0) is 41.0 Å². The quantitative estimate of drug-likeness (QED) is 0.441. The zero-order valence-corrected chi connectivity index (χ0v) is 18.8. The smallest absolute Gasteiger partial charge is 0.311 e. The maximum absolute atomic E-state index is 13.1. The summed E-state index contributed by atoms with van der Waals surface area (Å²) in [4.78, 5) is 25.3. The molecule has 8 heteroatoms. The Labute approximate surface area is 184 Å². The van der Waals surface area contributed by atoms with Gasteiger partial charge in [0.05, 0.1) is 17.7 Å². The Hall–Kier alpha value is -3.13. The van der Waals surface area contributed by atoms with Crippen LogP contribution in [0.2, 0.25) is 0 Å². The average molecular weight is 440 g/mol. The second-order valence-electron chi connectivity index (χ2n) is 8.85. The first-order chi connectivity index (χ1) is 14.7. The van der Waals surface area contributed by atoms with Crippen molar-refractivity contribution in [2.45, 2.75) is 33.7 Å². The topological polar surface area (TPSA) is 86.4 Å². The summed E-state index contributed by atoms with van der Waals surface area (Å²) >= 11 is 1.58. The molecule has 31 heavy (non-hydrogen) atoms. The van der Waals surface area contributed by atoms with Gasteiger partial charge in [0.1, 0.15) is 5.69 Å². The van der Waals surface area contributed by atoms with E-state index in [2.05, 4.69) is 26.1 Å². The molecule has 1 aliphatic rings. The predicted octanol–water partition coefficient (Wildman–Crippen LogP) is 5.13. The van der Waals surface area contributed by atoms with E-state index in [1.807, 2.05) is 28.1 Å². The molecule has 1 aliphatic heterocycles. The SMILES string of the molecule is COc1cc2c(cc1[N+](=O)[O-])-c1c(-c3cccs3)cc(C(=O)NCC(C)(C)C)n1CC2. The number of nitrogens with one attached hydrogen (secondary N) is 1. The van der Waals surface area contributed by atoms with Gasteiger partial charge < -0.3 is 14.6 Å². The highest BCUT2D eigenvalue weighted by Gasteiger charge is 2.30. The van der Waals surface area contributed by atoms with Crippen LogP contribution in [0, 0.1) is 15.5 Å². The van der Waals surface area contributed by atoms with Crippen molar-refractivity contribution in [3.8, 4) is 27.4 Å². The molecule has 3 aromatic rings. The van der Waals surface area contributed by atoms with E-state index in [1.54, 1.807) is 23.5 Å². The number of methoxy groups -OCH3 is 1. The molecule has 0 aliphatic carbocycles. The summed E-state index contributed by atoms with van der Waals surface area (Å²) in [7, 11) is 1.44. The summed E-state index contributed by atoms with van der Waals surface area (Å²) in [6.07, 6.45) is 0.662. The Morgan fingerprint density at radius 2 is 2.06 bits per heavy atom. The van der Waals surface area contributed by atoms with Crippen molar-refractivity contribution in [1.82, 2.24) is 9.88 Å². The number of aryl methyl sites for hydroxylation is 1. The van der Waals surface area contributed by atoms with Crippen molar-refractivity contribution in [3.63, 3.8) is 0 Å². The maximum atomic E-state index is 13.1. The molecule has 0 saturated heterocycles. The monoisotopic (exact) mass is 439 g/mol. The molecule has 0 fully saturated rings. The van der Waals surface area contributed by atoms with Crippen molar-refractivity contribution in [1.29, 1.82) is 0 Å². The van der Waals surface area contributed by atoms with Crippen LogP contribution in [0.3, 0.4) is 0 Å². The number of fused-ring (bicyclic) bond motifs is 3. The predicted molar refractivity (Wildman–Crippen MR) is 122 cm³/mol. The highest BCUT2D eigenvalue weighted by Crippen LogP contribution is 2.44. The molecule has 7 nitrogen and oxygen atoms in total. The minimum Gasteiger partial charge on any atom is -0.490 e. The molecule has 162 valence electrons. The van der Waals surface area contributed by atoms with E-state index in [0.29, 0.717) is 25.2 Å². The number of thiophene rings is 1. The number of nitrogens with zero attached hydrogens (tertiary/aromatic N) is 2. The number of ether oxygens (including phenoxy) is 1. The number of nitro groups is 1. The lowest BCUT2D eigenvalue weighted by Gasteiger charge is -2.23. The molecule has 1 amide bonds. The fourth-order valence-corrected chi connectivity index (χ4v) is 4.63. The second kappa shape index (κ2) is 7.85. The summed E-state index contributed by atoms with van der Waals surface area (Å²) in [6.45, 7) is 7.38. The molecule has 2 aromatic heterocycles. The van der Waals surface area contributed by atoms with Crippen LogP contribution in [-0.4, -0.2) is 29.1 Å². The van der Waals surface area contributed by atoms with Crippen LogP contribution < -0.4 is 10.1 Å². The number of hydrogen-bond acceptors (Lipinski definition) is 5. The van der Waals surface area contributed by atoms with Crippen molar-refractivity contribution >= 4 is 22.9 Å². The molecule has 3 heterocycles. The van der Waals surface area contributed by atoms with E-state index in [-0.39, 0.29) is 22.8 Å². The third kappa shape index (κ3) is 3.95. The minimum absolute atomic E-state index is 0.0344. The van der Waals surface area contributed by atoms with Gasteiger partial charge in [0.2, 0.25) is 0 Å². The van der Waals surface area contributed by atoms with Crippen molar-refractivity contribution in [3.05, 3.63) is 57.1 Å². The minimum atomic E-state index is -0.428. The van der Waals surface area contributed by atoms with Crippen LogP contribution in [0.1, 0.15) is 36.8 Å². The highest BCUT2D eigenvalue weighted by molar-refractivity contribution is 7.13. The molecule has 4 rings (SSSR count). The van der Waals surface area contributed by atoms with Gasteiger partial charge in [-0.1, -0.05) is 26.8 Å². The summed E-state index contributed by atoms with van der Waals surface area (Å²) in [5, 5.41) is 16.7. The van der Waals surface area contributed by atoms with Crippen LogP contribution in [0.25, 0.3) is 21.7 Å². The van der Waals surface area contributed by atoms with Gasteiger partial charge in [-0.25, -0.2) is 0 Å². The van der Waals surface area contributed by atoms with Crippen LogP contribution in [-0.2, 0) is 13.0 Å². The Balaban J connectivity index is 1.89. The molecule has 0 radical (unpaired) electrons. The molecule has 0 bridgehead atoms. The van der Waals surface area contributed by atoms with E-state index in [9.17, 15) is 14.9 Å². The highest BCUT2D eigenvalue weighted by atomic mass is 32.1. The first-order valence-corrected chi connectivity index (χ1v) is 11.0. The lowest BCUT2D eigenvalue weighted by atomic mass is 9.95. The summed E-state index contributed by atoms with van der Waals surface area (Å²) in [5.74, 6) is 0.120. The lowest BCUT2D eigenvalue weighted by molar-refractivity contribution is -0.385. The van der Waals surface area contributed by atoms with Crippen molar-refractivity contribution in [2.24, 2.45) is 5.41 Å². The number of rotatable bonds is 5. The van der Waals surface area contributed by atoms with E-state index in [1.165, 1.54) is 7.11 Å². The van der Waals surface area contributed by atoms with Crippen LogP contribution >= 0.6 is 11.3 Å². The van der Waals surface area contributed by atoms with E-state index in [4.69, 9.17) is 4.74 Å². The molecule has 0 atom stereocenters. The van der Waals surface area contributed by atoms with Gasteiger partial charge in [-0.2, -0.15) is 0 Å². The standard InChI is InChI=1S/C23H25N3O4S/c1-23(2,3)13-24-22(27)18-12-16(20-6-5-9-31-20)21-15-11-17(26(28)29)19(30-4)10-14(15)7-8-25(18)21/h5-6,9-12H,7-8,13H2,1-4H3,(H,24,27). The number of carbonyl (C=O) groups is 1. The third-order valence-corrected chi connectivity index (χ3v) is 6.26. The number of aromatic nitrogens is 1. The van der Waals surface area contributed by atoms with E-state index >= 15 is 0 Å². The number of hydrogen-bond donors (Lipinski definition) is 1. The van der Waals surface area contributed by atoms with Gasteiger partial charge in [-0.3, -0.25) is 14.9 Å². The van der Waals surface area contributed by atoms with Crippen molar-refractivity contribution in [2.75, 3.05) is 13.7 Å². The molecular weight excluding hydrogens is 414 g/mol. The Morgan fingerprint density at radius 3 is 2.68 bits per heavy atom. The number of nitro benzene ring substituents is 1. The third-order valence-electron chi connectivity index (χ3n) is 5.36. The summed E-state index contributed by atoms with van der Waals surface area (Å²) in [6, 6.07) is 9.20. The normalized spacial score (nSPS) is 12.8. The lowest BCUT2D eigenvalue weighted by Crippen LogP contribution is -2.33. The molecule has 1 aromatic carbocycles. The summed E-state index contributed by atoms with van der Waals surface area (Å²) < 4.78 is 7.25. The summed E-state index contributed by atoms with van der Waals surface area (Å²) in [5.41, 5.74) is 3.97. The van der Waals surface area contributed by atoms with Gasteiger partial charge in [0, 0.05) is 35.2 Å². The Kier molecular flexibility index (Phi) is 5.35. The van der Waals surface area contributed by atoms with Gasteiger partial charge in [0.15, 0.2) is 5.75 Å².